The third-order valence-electron chi connectivity index (χ3n) is 7.77. The van der Waals surface area contributed by atoms with Crippen LogP contribution in [-0.4, -0.2) is 46.4 Å². The first-order chi connectivity index (χ1) is 14.4. The molecule has 158 valence electrons. The van der Waals surface area contributed by atoms with Gasteiger partial charge >= 0.3 is 0 Å². The number of fused-ring (bicyclic) bond motifs is 1. The number of benzene rings is 1. The van der Waals surface area contributed by atoms with Crippen LogP contribution in [0.15, 0.2) is 30.5 Å². The van der Waals surface area contributed by atoms with E-state index >= 15 is 0 Å². The Morgan fingerprint density at radius 3 is 2.77 bits per heavy atom. The summed E-state index contributed by atoms with van der Waals surface area (Å²) in [5.41, 5.74) is 1.76. The van der Waals surface area contributed by atoms with Crippen molar-refractivity contribution in [2.45, 2.75) is 57.0 Å². The molecule has 5 rings (SSSR count). The molecule has 2 aromatic rings. The summed E-state index contributed by atoms with van der Waals surface area (Å²) in [5, 5.41) is 15.3. The van der Waals surface area contributed by atoms with E-state index in [0.29, 0.717) is 12.8 Å². The van der Waals surface area contributed by atoms with E-state index in [1.807, 2.05) is 18.2 Å². The Hall–Kier alpha value is -2.31. The summed E-state index contributed by atoms with van der Waals surface area (Å²) < 4.78 is 0. The van der Waals surface area contributed by atoms with Gasteiger partial charge in [0.25, 0.3) is 0 Å². The molecule has 1 spiro atoms. The molecule has 30 heavy (non-hydrogen) atoms. The number of carbonyl (C=O) groups excluding carboxylic acids is 2. The van der Waals surface area contributed by atoms with Crippen molar-refractivity contribution in [3.63, 3.8) is 0 Å². The molecule has 1 saturated carbocycles. The predicted octanol–water partition coefficient (Wildman–Crippen LogP) is 2.84. The zero-order valence-corrected chi connectivity index (χ0v) is 17.5. The molecule has 0 bridgehead atoms. The van der Waals surface area contributed by atoms with Gasteiger partial charge in [-0.05, 0) is 61.6 Å². The van der Waals surface area contributed by atoms with Crippen molar-refractivity contribution >= 4 is 22.7 Å². The van der Waals surface area contributed by atoms with Crippen molar-refractivity contribution in [1.29, 1.82) is 0 Å². The number of rotatable bonds is 3. The summed E-state index contributed by atoms with van der Waals surface area (Å²) in [6.45, 7) is 5.07. The molecule has 1 aliphatic carbocycles. The molecular formula is C24H29N3O3. The summed E-state index contributed by atoms with van der Waals surface area (Å²) in [4.78, 5) is 30.8. The van der Waals surface area contributed by atoms with E-state index in [9.17, 15) is 14.7 Å². The third-order valence-corrected chi connectivity index (χ3v) is 7.77. The number of nitrogens with zero attached hydrogens (tertiary/aromatic N) is 2. The van der Waals surface area contributed by atoms with Gasteiger partial charge in [-0.1, -0.05) is 19.4 Å². The number of carbonyl (C=O) groups is 2. The molecule has 2 N–H and O–H groups in total. The molecule has 0 radical (unpaired) electrons. The summed E-state index contributed by atoms with van der Waals surface area (Å²) in [6, 6.07) is 8.08. The lowest BCUT2D eigenvalue weighted by molar-refractivity contribution is -0.178. The van der Waals surface area contributed by atoms with Crippen molar-refractivity contribution in [2.24, 2.45) is 5.41 Å². The molecule has 2 atom stereocenters. The second-order valence-electron chi connectivity index (χ2n) is 9.29. The number of nitrogens with one attached hydrogen (secondary N) is 1. The Balaban J connectivity index is 1.51. The lowest BCUT2D eigenvalue weighted by Gasteiger charge is -2.59. The van der Waals surface area contributed by atoms with Crippen molar-refractivity contribution in [3.05, 3.63) is 41.6 Å². The van der Waals surface area contributed by atoms with Gasteiger partial charge in [0.05, 0.1) is 17.0 Å². The molecule has 2 saturated heterocycles. The minimum Gasteiger partial charge on any atom is -0.384 e. The Morgan fingerprint density at radius 2 is 2.07 bits per heavy atom. The van der Waals surface area contributed by atoms with Crippen LogP contribution >= 0.6 is 0 Å². The van der Waals surface area contributed by atoms with Crippen LogP contribution in [0.4, 0.5) is 0 Å². The Bertz CT molecular complexity index is 1020. The van der Waals surface area contributed by atoms with Crippen LogP contribution in [0.1, 0.15) is 62.5 Å². The number of aromatic nitrogens is 1. The average molecular weight is 408 g/mol. The average Bonchev–Trinajstić information content (AvgIpc) is 2.72. The first-order valence-corrected chi connectivity index (χ1v) is 11.1. The fourth-order valence-electron chi connectivity index (χ4n) is 5.73. The first-order valence-electron chi connectivity index (χ1n) is 11.1. The number of piperidine rings is 2. The molecule has 6 nitrogen and oxygen atoms in total. The van der Waals surface area contributed by atoms with Gasteiger partial charge in [-0.3, -0.25) is 19.9 Å². The minimum absolute atomic E-state index is 0.0659. The summed E-state index contributed by atoms with van der Waals surface area (Å²) >= 11 is 0. The molecule has 6 heteroatoms. The number of hydrogen-bond acceptors (Lipinski definition) is 5. The van der Waals surface area contributed by atoms with Crippen LogP contribution in [0, 0.1) is 5.41 Å². The number of imide groups is 1. The third kappa shape index (κ3) is 2.96. The van der Waals surface area contributed by atoms with E-state index in [1.54, 1.807) is 6.20 Å². The number of likely N-dealkylation sites (tertiary alicyclic amines) is 1. The number of amides is 2. The molecule has 3 fully saturated rings. The van der Waals surface area contributed by atoms with E-state index in [4.69, 9.17) is 0 Å². The first kappa shape index (κ1) is 19.6. The highest BCUT2D eigenvalue weighted by atomic mass is 16.3. The van der Waals surface area contributed by atoms with Crippen molar-refractivity contribution in [1.82, 2.24) is 15.2 Å². The summed E-state index contributed by atoms with van der Waals surface area (Å²) in [5.74, 6) is -0.807. The van der Waals surface area contributed by atoms with Gasteiger partial charge in [-0.15, -0.1) is 0 Å². The van der Waals surface area contributed by atoms with E-state index in [0.717, 1.165) is 60.9 Å². The van der Waals surface area contributed by atoms with Crippen LogP contribution in [-0.2, 0) is 15.2 Å². The normalized spacial score (nSPS) is 29.1. The maximum Gasteiger partial charge on any atom is 0.234 e. The molecule has 1 aromatic carbocycles. The SMILES string of the molecule is CCN1CCC(O)(c2ccc3ncc(C4CCC(=O)NC4=O)cc3c2)C2(CCC2)C1. The van der Waals surface area contributed by atoms with Gasteiger partial charge in [0.15, 0.2) is 0 Å². The molecule has 1 aromatic heterocycles. The quantitative estimate of drug-likeness (QED) is 0.765. The monoisotopic (exact) mass is 407 g/mol. The molecule has 3 aliphatic rings. The molecule has 3 heterocycles. The van der Waals surface area contributed by atoms with E-state index in [2.05, 4.69) is 28.2 Å². The fraction of sp³-hybridized carbons (Fsp3) is 0.542. The zero-order chi connectivity index (χ0) is 20.9. The second kappa shape index (κ2) is 7.13. The molecular weight excluding hydrogens is 378 g/mol. The topological polar surface area (TPSA) is 82.5 Å². The predicted molar refractivity (Wildman–Crippen MR) is 114 cm³/mol. The summed E-state index contributed by atoms with van der Waals surface area (Å²) in [7, 11) is 0. The highest BCUT2D eigenvalue weighted by Gasteiger charge is 2.57. The maximum absolute atomic E-state index is 12.3. The van der Waals surface area contributed by atoms with E-state index in [1.165, 1.54) is 6.42 Å². The zero-order valence-electron chi connectivity index (χ0n) is 17.5. The highest BCUT2D eigenvalue weighted by Crippen LogP contribution is 2.58. The van der Waals surface area contributed by atoms with Gasteiger partial charge in [0.1, 0.15) is 0 Å². The van der Waals surface area contributed by atoms with Crippen LogP contribution in [0.25, 0.3) is 10.9 Å². The number of pyridine rings is 1. The van der Waals surface area contributed by atoms with E-state index in [-0.39, 0.29) is 23.1 Å². The number of aliphatic hydroxyl groups is 1. The van der Waals surface area contributed by atoms with Gasteiger partial charge in [0, 0.05) is 36.5 Å². The van der Waals surface area contributed by atoms with Crippen LogP contribution in [0.2, 0.25) is 0 Å². The van der Waals surface area contributed by atoms with Gasteiger partial charge < -0.3 is 10.0 Å². The van der Waals surface area contributed by atoms with Crippen LogP contribution in [0.5, 0.6) is 0 Å². The van der Waals surface area contributed by atoms with Gasteiger partial charge in [-0.25, -0.2) is 0 Å². The van der Waals surface area contributed by atoms with Crippen molar-refractivity contribution in [3.8, 4) is 0 Å². The largest absolute Gasteiger partial charge is 0.384 e. The lowest BCUT2D eigenvalue weighted by Crippen LogP contribution is -2.61. The van der Waals surface area contributed by atoms with E-state index < -0.39 is 5.60 Å². The van der Waals surface area contributed by atoms with Crippen LogP contribution in [0.3, 0.4) is 0 Å². The highest BCUT2D eigenvalue weighted by molar-refractivity contribution is 6.01. The smallest absolute Gasteiger partial charge is 0.234 e. The maximum atomic E-state index is 12.3. The standard InChI is InChI=1S/C24H29N3O3/c1-2-27-11-10-24(30,23(15-27)8-3-9-23)18-4-6-20-16(13-18)12-17(14-25-20)19-5-7-21(28)26-22(19)29/h4,6,12-14,19,30H,2-3,5,7-11,15H2,1H3,(H,26,28,29). The Labute approximate surface area is 176 Å². The van der Waals surface area contributed by atoms with Gasteiger partial charge in [0.2, 0.25) is 11.8 Å². The fourth-order valence-corrected chi connectivity index (χ4v) is 5.73. The second-order valence-corrected chi connectivity index (χ2v) is 9.29. The Morgan fingerprint density at radius 1 is 1.23 bits per heavy atom. The number of hydrogen-bond donors (Lipinski definition) is 2. The van der Waals surface area contributed by atoms with Crippen LogP contribution < -0.4 is 5.32 Å². The molecule has 2 amide bonds. The molecule has 2 unspecified atom stereocenters. The van der Waals surface area contributed by atoms with Gasteiger partial charge in [-0.2, -0.15) is 0 Å². The minimum atomic E-state index is -0.824. The van der Waals surface area contributed by atoms with Crippen molar-refractivity contribution in [2.75, 3.05) is 19.6 Å². The lowest BCUT2D eigenvalue weighted by atomic mass is 9.54. The summed E-state index contributed by atoms with van der Waals surface area (Å²) in [6.07, 6.45) is 6.65. The Kier molecular flexibility index (Phi) is 4.67. The molecule has 2 aliphatic heterocycles. The van der Waals surface area contributed by atoms with Crippen molar-refractivity contribution < 1.29 is 14.7 Å².